The van der Waals surface area contributed by atoms with Gasteiger partial charge in [0.2, 0.25) is 5.91 Å². The van der Waals surface area contributed by atoms with Crippen LogP contribution in [0.2, 0.25) is 5.02 Å². The minimum Gasteiger partial charge on any atom is -0.369 e. The molecular weight excluding hydrogens is 394 g/mol. The lowest BCUT2D eigenvalue weighted by Crippen LogP contribution is -2.50. The zero-order chi connectivity index (χ0) is 21.1. The van der Waals surface area contributed by atoms with E-state index in [0.717, 1.165) is 56.2 Å². The fourth-order valence-electron chi connectivity index (χ4n) is 4.79. The molecule has 1 amide bonds. The maximum Gasteiger partial charge on any atom is 0.222 e. The van der Waals surface area contributed by atoms with E-state index in [2.05, 4.69) is 41.8 Å². The number of nitrogens with zero attached hydrogens (tertiary/aromatic N) is 3. The summed E-state index contributed by atoms with van der Waals surface area (Å²) >= 11 is 6.32. The molecule has 0 aromatic heterocycles. The smallest absolute Gasteiger partial charge is 0.222 e. The predicted molar refractivity (Wildman–Crippen MR) is 124 cm³/mol. The van der Waals surface area contributed by atoms with Gasteiger partial charge in [0.1, 0.15) is 0 Å². The lowest BCUT2D eigenvalue weighted by molar-refractivity contribution is -0.131. The molecule has 4 nitrogen and oxygen atoms in total. The molecule has 2 aliphatic rings. The van der Waals surface area contributed by atoms with Crippen molar-refractivity contribution in [2.75, 3.05) is 37.6 Å². The molecule has 5 heteroatoms. The SMILES string of the molecule is Cc1cccc(N2CCN([C@@H]3CCC(=O)N(Cc4ccccc4Cl)CC3)CC2)c1C. The van der Waals surface area contributed by atoms with E-state index in [1.807, 2.05) is 29.2 Å². The van der Waals surface area contributed by atoms with Gasteiger partial charge < -0.3 is 9.80 Å². The number of halogens is 1. The number of likely N-dealkylation sites (tertiary alicyclic amines) is 1. The van der Waals surface area contributed by atoms with E-state index < -0.39 is 0 Å². The average molecular weight is 426 g/mol. The first-order valence-corrected chi connectivity index (χ1v) is 11.5. The Morgan fingerprint density at radius 1 is 0.933 bits per heavy atom. The van der Waals surface area contributed by atoms with Crippen molar-refractivity contribution in [3.63, 3.8) is 0 Å². The highest BCUT2D eigenvalue weighted by Gasteiger charge is 2.29. The van der Waals surface area contributed by atoms with Gasteiger partial charge in [-0.1, -0.05) is 41.9 Å². The lowest BCUT2D eigenvalue weighted by atomic mass is 10.0. The topological polar surface area (TPSA) is 26.8 Å². The monoisotopic (exact) mass is 425 g/mol. The molecule has 0 saturated carbocycles. The summed E-state index contributed by atoms with van der Waals surface area (Å²) in [6.45, 7) is 10.1. The molecular formula is C25H32ClN3O. The van der Waals surface area contributed by atoms with E-state index in [9.17, 15) is 4.79 Å². The van der Waals surface area contributed by atoms with Gasteiger partial charge in [-0.15, -0.1) is 0 Å². The third-order valence-electron chi connectivity index (χ3n) is 6.84. The number of piperazine rings is 1. The molecule has 160 valence electrons. The molecule has 0 aliphatic carbocycles. The Morgan fingerprint density at radius 3 is 2.47 bits per heavy atom. The van der Waals surface area contributed by atoms with E-state index in [-0.39, 0.29) is 5.91 Å². The van der Waals surface area contributed by atoms with Gasteiger partial charge in [0, 0.05) is 62.4 Å². The second-order valence-corrected chi connectivity index (χ2v) is 9.04. The van der Waals surface area contributed by atoms with E-state index in [1.165, 1.54) is 16.8 Å². The molecule has 0 radical (unpaired) electrons. The summed E-state index contributed by atoms with van der Waals surface area (Å²) in [5.74, 6) is 0.256. The van der Waals surface area contributed by atoms with Crippen molar-refractivity contribution in [3.8, 4) is 0 Å². The lowest BCUT2D eigenvalue weighted by Gasteiger charge is -2.40. The van der Waals surface area contributed by atoms with Gasteiger partial charge in [0.15, 0.2) is 0 Å². The fourth-order valence-corrected chi connectivity index (χ4v) is 4.99. The third kappa shape index (κ3) is 4.65. The van der Waals surface area contributed by atoms with Gasteiger partial charge in [-0.05, 0) is 55.5 Å². The summed E-state index contributed by atoms with van der Waals surface area (Å²) < 4.78 is 0. The number of rotatable bonds is 4. The van der Waals surface area contributed by atoms with Crippen LogP contribution in [0.1, 0.15) is 36.0 Å². The van der Waals surface area contributed by atoms with E-state index in [0.29, 0.717) is 19.0 Å². The molecule has 2 aromatic rings. The Labute approximate surface area is 185 Å². The molecule has 30 heavy (non-hydrogen) atoms. The first kappa shape index (κ1) is 21.2. The van der Waals surface area contributed by atoms with Gasteiger partial charge in [0.25, 0.3) is 0 Å². The minimum absolute atomic E-state index is 0.256. The van der Waals surface area contributed by atoms with Gasteiger partial charge in [-0.25, -0.2) is 0 Å². The normalized spacial score (nSPS) is 21.0. The van der Waals surface area contributed by atoms with E-state index in [4.69, 9.17) is 11.6 Å². The number of anilines is 1. The van der Waals surface area contributed by atoms with E-state index >= 15 is 0 Å². The van der Waals surface area contributed by atoms with Gasteiger partial charge in [0.05, 0.1) is 0 Å². The summed E-state index contributed by atoms with van der Waals surface area (Å²) in [5.41, 5.74) is 5.15. The van der Waals surface area contributed by atoms with Crippen LogP contribution in [0.15, 0.2) is 42.5 Å². The van der Waals surface area contributed by atoms with Crippen molar-refractivity contribution in [1.29, 1.82) is 0 Å². The second-order valence-electron chi connectivity index (χ2n) is 8.63. The zero-order valence-electron chi connectivity index (χ0n) is 18.1. The number of aryl methyl sites for hydroxylation is 1. The van der Waals surface area contributed by atoms with Gasteiger partial charge in [-0.3, -0.25) is 9.69 Å². The van der Waals surface area contributed by atoms with Crippen LogP contribution in [-0.2, 0) is 11.3 Å². The summed E-state index contributed by atoms with van der Waals surface area (Å²) in [6.07, 6.45) is 2.63. The van der Waals surface area contributed by atoms with Crippen LogP contribution in [-0.4, -0.2) is 54.5 Å². The Balaban J connectivity index is 1.34. The molecule has 2 fully saturated rings. The van der Waals surface area contributed by atoms with Crippen LogP contribution in [0, 0.1) is 13.8 Å². The molecule has 2 aliphatic heterocycles. The second kappa shape index (κ2) is 9.40. The fraction of sp³-hybridized carbons (Fsp3) is 0.480. The third-order valence-corrected chi connectivity index (χ3v) is 7.21. The van der Waals surface area contributed by atoms with Crippen LogP contribution >= 0.6 is 11.6 Å². The summed E-state index contributed by atoms with van der Waals surface area (Å²) in [7, 11) is 0. The Hall–Kier alpha value is -2.04. The number of amides is 1. The number of hydrogen-bond acceptors (Lipinski definition) is 3. The van der Waals surface area contributed by atoms with Crippen LogP contribution in [0.3, 0.4) is 0 Å². The highest BCUT2D eigenvalue weighted by Crippen LogP contribution is 2.26. The van der Waals surface area contributed by atoms with Gasteiger partial charge >= 0.3 is 0 Å². The molecule has 2 aromatic carbocycles. The quantitative estimate of drug-likeness (QED) is 0.712. The first-order chi connectivity index (χ1) is 14.5. The zero-order valence-corrected chi connectivity index (χ0v) is 18.9. The molecule has 0 spiro atoms. The highest BCUT2D eigenvalue weighted by atomic mass is 35.5. The molecule has 0 bridgehead atoms. The summed E-state index contributed by atoms with van der Waals surface area (Å²) in [5, 5.41) is 0.744. The summed E-state index contributed by atoms with van der Waals surface area (Å²) in [4.78, 5) is 19.8. The number of carbonyl (C=O) groups excluding carboxylic acids is 1. The predicted octanol–water partition coefficient (Wildman–Crippen LogP) is 4.66. The van der Waals surface area contributed by atoms with Crippen LogP contribution < -0.4 is 4.90 Å². The number of hydrogen-bond donors (Lipinski definition) is 0. The highest BCUT2D eigenvalue weighted by molar-refractivity contribution is 6.31. The largest absolute Gasteiger partial charge is 0.369 e. The molecule has 4 rings (SSSR count). The van der Waals surface area contributed by atoms with Crippen molar-refractivity contribution in [3.05, 3.63) is 64.2 Å². The van der Waals surface area contributed by atoms with Crippen molar-refractivity contribution >= 4 is 23.2 Å². The molecule has 1 atom stereocenters. The average Bonchev–Trinajstić information content (AvgIpc) is 2.94. The van der Waals surface area contributed by atoms with E-state index in [1.54, 1.807) is 0 Å². The van der Waals surface area contributed by atoms with Crippen LogP contribution in [0.4, 0.5) is 5.69 Å². The van der Waals surface area contributed by atoms with Crippen LogP contribution in [0.5, 0.6) is 0 Å². The molecule has 2 saturated heterocycles. The molecule has 0 N–H and O–H groups in total. The minimum atomic E-state index is 0.256. The molecule has 0 unspecified atom stereocenters. The van der Waals surface area contributed by atoms with Crippen molar-refractivity contribution in [2.24, 2.45) is 0 Å². The van der Waals surface area contributed by atoms with Crippen molar-refractivity contribution in [1.82, 2.24) is 9.80 Å². The Morgan fingerprint density at radius 2 is 1.70 bits per heavy atom. The summed E-state index contributed by atoms with van der Waals surface area (Å²) in [6, 6.07) is 14.9. The number of benzene rings is 2. The first-order valence-electron chi connectivity index (χ1n) is 11.1. The Bertz CT molecular complexity index is 892. The standard InChI is InChI=1S/C25H32ClN3O/c1-19-6-5-9-24(20(19)2)28-16-14-27(15-17-28)22-10-11-25(30)29(13-12-22)18-21-7-3-4-8-23(21)26/h3-9,22H,10-18H2,1-2H3/t22-/m1/s1. The van der Waals surface area contributed by atoms with Crippen molar-refractivity contribution < 1.29 is 4.79 Å². The maximum absolute atomic E-state index is 12.7. The van der Waals surface area contributed by atoms with Crippen molar-refractivity contribution in [2.45, 2.75) is 45.7 Å². The van der Waals surface area contributed by atoms with Crippen LogP contribution in [0.25, 0.3) is 0 Å². The Kier molecular flexibility index (Phi) is 6.64. The maximum atomic E-state index is 12.7. The number of carbonyl (C=O) groups is 1. The molecule has 2 heterocycles. The van der Waals surface area contributed by atoms with Gasteiger partial charge in [-0.2, -0.15) is 0 Å².